The first-order valence-corrected chi connectivity index (χ1v) is 8.97. The van der Waals surface area contributed by atoms with Crippen molar-refractivity contribution in [2.24, 2.45) is 5.92 Å². The molecule has 2 aromatic carbocycles. The summed E-state index contributed by atoms with van der Waals surface area (Å²) in [5, 5.41) is 14.6. The van der Waals surface area contributed by atoms with E-state index in [9.17, 15) is 14.7 Å². The van der Waals surface area contributed by atoms with E-state index in [0.717, 1.165) is 28.8 Å². The number of allylic oxidation sites excluding steroid dienone is 2. The number of carbonyl (C=O) groups excluding carboxylic acids is 2. The molecule has 0 saturated heterocycles. The summed E-state index contributed by atoms with van der Waals surface area (Å²) in [6.45, 7) is 2.02. The van der Waals surface area contributed by atoms with E-state index in [-0.39, 0.29) is 29.4 Å². The van der Waals surface area contributed by atoms with Crippen molar-refractivity contribution in [3.05, 3.63) is 76.4 Å². The number of anilines is 1. The molecule has 0 amide bonds. The normalized spacial score (nSPS) is 22.5. The average Bonchev–Trinajstić information content (AvgIpc) is 3.17. The summed E-state index contributed by atoms with van der Waals surface area (Å²) in [6.07, 6.45) is 5.20. The number of aromatic carboxylic acids is 1. The zero-order valence-corrected chi connectivity index (χ0v) is 15.2. The Bertz CT molecular complexity index is 946. The molecule has 0 saturated carbocycles. The molecule has 4 rings (SSSR count). The third-order valence-electron chi connectivity index (χ3n) is 5.64. The largest absolute Gasteiger partial charge is 0.545 e. The number of fused-ring (bicyclic) bond motifs is 3. The molecule has 0 spiro atoms. The highest BCUT2D eigenvalue weighted by Gasteiger charge is 2.40. The van der Waals surface area contributed by atoms with Gasteiger partial charge in [0.05, 0.1) is 24.7 Å². The molecule has 138 valence electrons. The van der Waals surface area contributed by atoms with E-state index in [1.165, 1.54) is 7.11 Å². The lowest BCUT2D eigenvalue weighted by molar-refractivity contribution is -0.255. The van der Waals surface area contributed by atoms with Crippen molar-refractivity contribution in [2.45, 2.75) is 25.3 Å². The molecule has 0 unspecified atom stereocenters. The van der Waals surface area contributed by atoms with Crippen molar-refractivity contribution >= 4 is 17.6 Å². The van der Waals surface area contributed by atoms with Gasteiger partial charge in [-0.25, -0.2) is 4.79 Å². The quantitative estimate of drug-likeness (QED) is 0.671. The zero-order valence-electron chi connectivity index (χ0n) is 15.2. The fourth-order valence-corrected chi connectivity index (χ4v) is 4.30. The van der Waals surface area contributed by atoms with E-state index in [1.807, 2.05) is 31.2 Å². The van der Waals surface area contributed by atoms with Gasteiger partial charge in [-0.05, 0) is 47.6 Å². The number of hydrogen-bond donors (Lipinski definition) is 1. The minimum absolute atomic E-state index is 0.0277. The van der Waals surface area contributed by atoms with Crippen molar-refractivity contribution < 1.29 is 19.4 Å². The Balaban J connectivity index is 1.80. The topological polar surface area (TPSA) is 78.5 Å². The average molecular weight is 362 g/mol. The number of aryl methyl sites for hydroxylation is 1. The predicted octanol–water partition coefficient (Wildman–Crippen LogP) is 2.97. The molecular formula is C22H20NO4-. The van der Waals surface area contributed by atoms with E-state index in [1.54, 1.807) is 12.1 Å². The zero-order chi connectivity index (χ0) is 19.1. The Hall–Kier alpha value is -3.08. The van der Waals surface area contributed by atoms with E-state index in [2.05, 4.69) is 17.5 Å². The van der Waals surface area contributed by atoms with Crippen LogP contribution in [0.25, 0.3) is 0 Å². The van der Waals surface area contributed by atoms with Gasteiger partial charge in [0.25, 0.3) is 0 Å². The highest BCUT2D eigenvalue weighted by Crippen LogP contribution is 2.51. The maximum absolute atomic E-state index is 12.3. The fourth-order valence-electron chi connectivity index (χ4n) is 4.30. The first-order chi connectivity index (χ1) is 13.0. The molecule has 2 aliphatic rings. The second kappa shape index (κ2) is 6.58. The molecule has 1 aliphatic heterocycles. The summed E-state index contributed by atoms with van der Waals surface area (Å²) in [6, 6.07) is 10.6. The van der Waals surface area contributed by atoms with Crippen LogP contribution in [0, 0.1) is 12.8 Å². The highest BCUT2D eigenvalue weighted by atomic mass is 16.5. The first kappa shape index (κ1) is 17.3. The number of rotatable bonds is 3. The summed E-state index contributed by atoms with van der Waals surface area (Å²) in [5.74, 6) is -1.15. The van der Waals surface area contributed by atoms with Gasteiger partial charge in [-0.1, -0.05) is 42.5 Å². The maximum atomic E-state index is 12.3. The van der Waals surface area contributed by atoms with E-state index >= 15 is 0 Å². The number of methoxy groups -OCH3 is 1. The van der Waals surface area contributed by atoms with Gasteiger partial charge in [-0.3, -0.25) is 0 Å². The van der Waals surface area contributed by atoms with Gasteiger partial charge in [-0.2, -0.15) is 0 Å². The lowest BCUT2D eigenvalue weighted by atomic mass is 9.74. The van der Waals surface area contributed by atoms with Gasteiger partial charge in [0.15, 0.2) is 0 Å². The van der Waals surface area contributed by atoms with Gasteiger partial charge in [0, 0.05) is 11.6 Å². The number of ether oxygens (including phenoxy) is 1. The molecule has 0 radical (unpaired) electrons. The molecule has 0 aromatic heterocycles. The second-order valence-electron chi connectivity index (χ2n) is 7.10. The smallest absolute Gasteiger partial charge is 0.338 e. The number of hydrogen-bond acceptors (Lipinski definition) is 5. The molecule has 3 atom stereocenters. The SMILES string of the molecule is COC(=O)c1ccc(C)c2c1[C@H]1C=CC[C@@H]1[C@@H](c1ccc(C(=O)[O-])cc1)N2. The van der Waals surface area contributed by atoms with Crippen LogP contribution in [0.3, 0.4) is 0 Å². The van der Waals surface area contributed by atoms with Gasteiger partial charge >= 0.3 is 5.97 Å². The minimum Gasteiger partial charge on any atom is -0.545 e. The molecule has 0 bridgehead atoms. The molecule has 27 heavy (non-hydrogen) atoms. The second-order valence-corrected chi connectivity index (χ2v) is 7.10. The molecule has 5 nitrogen and oxygen atoms in total. The van der Waals surface area contributed by atoms with Crippen LogP contribution >= 0.6 is 0 Å². The van der Waals surface area contributed by atoms with Crippen LogP contribution in [0.1, 0.15) is 55.8 Å². The molecule has 0 fully saturated rings. The number of carbonyl (C=O) groups is 2. The number of carboxylic acid groups (broad SMARTS) is 1. The number of nitrogens with one attached hydrogen (secondary N) is 1. The lowest BCUT2D eigenvalue weighted by Gasteiger charge is -2.39. The maximum Gasteiger partial charge on any atom is 0.338 e. The molecular weight excluding hydrogens is 342 g/mol. The number of esters is 1. The summed E-state index contributed by atoms with van der Waals surface area (Å²) in [4.78, 5) is 23.3. The predicted molar refractivity (Wildman–Crippen MR) is 99.6 cm³/mol. The van der Waals surface area contributed by atoms with E-state index in [0.29, 0.717) is 5.56 Å². The fraction of sp³-hybridized carbons (Fsp3) is 0.273. The van der Waals surface area contributed by atoms with Crippen LogP contribution in [0.2, 0.25) is 0 Å². The first-order valence-electron chi connectivity index (χ1n) is 8.97. The van der Waals surface area contributed by atoms with Crippen molar-refractivity contribution in [3.63, 3.8) is 0 Å². The molecule has 2 aromatic rings. The lowest BCUT2D eigenvalue weighted by Crippen LogP contribution is -2.31. The third kappa shape index (κ3) is 2.79. The summed E-state index contributed by atoms with van der Waals surface area (Å²) in [5.41, 5.74) is 4.79. The van der Waals surface area contributed by atoms with Crippen molar-refractivity contribution in [3.8, 4) is 0 Å². The van der Waals surface area contributed by atoms with Crippen molar-refractivity contribution in [1.29, 1.82) is 0 Å². The Labute approximate surface area is 157 Å². The van der Waals surface area contributed by atoms with Gasteiger partial charge in [0.2, 0.25) is 0 Å². The Kier molecular flexibility index (Phi) is 4.22. The van der Waals surface area contributed by atoms with Crippen molar-refractivity contribution in [2.75, 3.05) is 12.4 Å². The molecule has 5 heteroatoms. The van der Waals surface area contributed by atoms with Crippen LogP contribution in [0.15, 0.2) is 48.6 Å². The molecule has 1 N–H and O–H groups in total. The minimum atomic E-state index is -1.18. The number of carboxylic acids is 1. The molecule has 1 aliphatic carbocycles. The van der Waals surface area contributed by atoms with Gasteiger partial charge in [0.1, 0.15) is 0 Å². The van der Waals surface area contributed by atoms with E-state index in [4.69, 9.17) is 4.74 Å². The van der Waals surface area contributed by atoms with Crippen molar-refractivity contribution in [1.82, 2.24) is 0 Å². The van der Waals surface area contributed by atoms with Gasteiger partial charge < -0.3 is 20.0 Å². The summed E-state index contributed by atoms with van der Waals surface area (Å²) >= 11 is 0. The van der Waals surface area contributed by atoms with Crippen LogP contribution in [-0.4, -0.2) is 19.0 Å². The summed E-state index contributed by atoms with van der Waals surface area (Å²) < 4.78 is 4.99. The van der Waals surface area contributed by atoms with Gasteiger partial charge in [-0.15, -0.1) is 0 Å². The standard InChI is InChI=1S/C22H21NO4/c1-12-6-11-17(22(26)27-2)18-15-4-3-5-16(15)20(23-19(12)18)13-7-9-14(10-8-13)21(24)25/h3-4,6-11,15-16,20,23H,5H2,1-2H3,(H,24,25)/p-1/t15-,16-,20+/m0/s1. The Morgan fingerprint density at radius 1 is 1.15 bits per heavy atom. The highest BCUT2D eigenvalue weighted by molar-refractivity contribution is 5.94. The third-order valence-corrected chi connectivity index (χ3v) is 5.64. The van der Waals surface area contributed by atoms with Crippen LogP contribution in [-0.2, 0) is 4.74 Å². The Morgan fingerprint density at radius 3 is 2.56 bits per heavy atom. The van der Waals surface area contributed by atoms with E-state index < -0.39 is 5.97 Å². The monoisotopic (exact) mass is 362 g/mol. The van der Waals surface area contributed by atoms with Crippen LogP contribution < -0.4 is 10.4 Å². The van der Waals surface area contributed by atoms with Crippen LogP contribution in [0.5, 0.6) is 0 Å². The Morgan fingerprint density at radius 2 is 1.89 bits per heavy atom. The van der Waals surface area contributed by atoms with Crippen LogP contribution in [0.4, 0.5) is 5.69 Å². The molecule has 1 heterocycles. The summed E-state index contributed by atoms with van der Waals surface area (Å²) in [7, 11) is 1.40. The number of benzene rings is 2.